The molecule has 0 spiro atoms. The van der Waals surface area contributed by atoms with Crippen molar-refractivity contribution in [2.45, 2.75) is 19.4 Å². The zero-order valence-electron chi connectivity index (χ0n) is 10.8. The van der Waals surface area contributed by atoms with Crippen LogP contribution in [-0.4, -0.2) is 43.9 Å². The van der Waals surface area contributed by atoms with Gasteiger partial charge in [-0.1, -0.05) is 18.5 Å². The molecule has 2 aromatic rings. The number of carbonyl (C=O) groups excluding carboxylic acids is 1. The van der Waals surface area contributed by atoms with Crippen molar-refractivity contribution in [1.82, 2.24) is 25.5 Å². The van der Waals surface area contributed by atoms with Gasteiger partial charge in [-0.05, 0) is 35.9 Å². The number of carbonyl (C=O) groups is 1. The molecule has 0 aliphatic carbocycles. The molecule has 106 valence electrons. The quantitative estimate of drug-likeness (QED) is 0.852. The van der Waals surface area contributed by atoms with E-state index in [0.717, 1.165) is 0 Å². The van der Waals surface area contributed by atoms with E-state index in [-0.39, 0.29) is 18.5 Å². The number of halogens is 1. The van der Waals surface area contributed by atoms with Crippen LogP contribution in [0.25, 0.3) is 5.69 Å². The number of tetrazole rings is 1. The highest BCUT2D eigenvalue weighted by Crippen LogP contribution is 2.11. The van der Waals surface area contributed by atoms with Gasteiger partial charge in [-0.25, -0.2) is 0 Å². The summed E-state index contributed by atoms with van der Waals surface area (Å²) in [5.74, 6) is -0.516. The first kappa shape index (κ1) is 14.4. The predicted molar refractivity (Wildman–Crippen MR) is 72.8 cm³/mol. The van der Waals surface area contributed by atoms with Crippen LogP contribution >= 0.6 is 11.6 Å². The first-order valence-corrected chi connectivity index (χ1v) is 6.49. The number of benzene rings is 1. The molecule has 7 nitrogen and oxygen atoms in total. The lowest BCUT2D eigenvalue weighted by Gasteiger charge is -2.11. The summed E-state index contributed by atoms with van der Waals surface area (Å²) in [7, 11) is 0. The third kappa shape index (κ3) is 3.31. The molecule has 0 fully saturated rings. The molecule has 2 N–H and O–H groups in total. The summed E-state index contributed by atoms with van der Waals surface area (Å²) < 4.78 is 0. The summed E-state index contributed by atoms with van der Waals surface area (Å²) >= 11 is 5.79. The Kier molecular flexibility index (Phi) is 4.65. The number of aromatic nitrogens is 4. The number of nitrogens with one attached hydrogen (secondary N) is 1. The highest BCUT2D eigenvalue weighted by atomic mass is 35.5. The SMILES string of the molecule is CC[C@@H](CO)NC(=O)c1nnn(-c2ccc(Cl)cc2)n1. The fourth-order valence-corrected chi connectivity index (χ4v) is 1.64. The Balaban J connectivity index is 2.12. The molecule has 0 bridgehead atoms. The van der Waals surface area contributed by atoms with Crippen LogP contribution in [0.15, 0.2) is 24.3 Å². The van der Waals surface area contributed by atoms with Crippen LogP contribution in [-0.2, 0) is 0 Å². The number of aliphatic hydroxyl groups excluding tert-OH is 1. The highest BCUT2D eigenvalue weighted by molar-refractivity contribution is 6.30. The Morgan fingerprint density at radius 1 is 1.45 bits per heavy atom. The average Bonchev–Trinajstić information content (AvgIpc) is 2.95. The molecule has 1 aromatic carbocycles. The van der Waals surface area contributed by atoms with Crippen molar-refractivity contribution in [3.05, 3.63) is 35.1 Å². The minimum atomic E-state index is -0.467. The molecule has 8 heteroatoms. The predicted octanol–water partition coefficient (Wildman–Crippen LogP) is 0.816. The first-order valence-electron chi connectivity index (χ1n) is 6.11. The third-order valence-electron chi connectivity index (χ3n) is 2.72. The Bertz CT molecular complexity index is 580. The lowest BCUT2D eigenvalue weighted by atomic mass is 10.2. The normalized spacial score (nSPS) is 12.2. The zero-order valence-corrected chi connectivity index (χ0v) is 11.6. The van der Waals surface area contributed by atoms with Crippen LogP contribution < -0.4 is 5.32 Å². The summed E-state index contributed by atoms with van der Waals surface area (Å²) in [4.78, 5) is 13.1. The van der Waals surface area contributed by atoms with Crippen LogP contribution in [0.2, 0.25) is 5.02 Å². The van der Waals surface area contributed by atoms with Gasteiger partial charge in [-0.3, -0.25) is 4.79 Å². The number of rotatable bonds is 5. The van der Waals surface area contributed by atoms with E-state index in [1.54, 1.807) is 24.3 Å². The smallest absolute Gasteiger partial charge is 0.293 e. The Hall–Kier alpha value is -1.99. The Labute approximate surface area is 120 Å². The van der Waals surface area contributed by atoms with Crippen LogP contribution in [0.3, 0.4) is 0 Å². The van der Waals surface area contributed by atoms with Gasteiger partial charge in [0.15, 0.2) is 0 Å². The number of hydrogen-bond acceptors (Lipinski definition) is 5. The topological polar surface area (TPSA) is 92.9 Å². The summed E-state index contributed by atoms with van der Waals surface area (Å²) in [5.41, 5.74) is 0.648. The van der Waals surface area contributed by atoms with Gasteiger partial charge in [0.1, 0.15) is 0 Å². The molecule has 2 rings (SSSR count). The minimum absolute atomic E-state index is 0.0492. The Morgan fingerprint density at radius 2 is 2.15 bits per heavy atom. The van der Waals surface area contributed by atoms with E-state index in [1.807, 2.05) is 6.92 Å². The maximum absolute atomic E-state index is 11.8. The summed E-state index contributed by atoms with van der Waals surface area (Å²) in [5, 5.41) is 23.7. The molecule has 20 heavy (non-hydrogen) atoms. The summed E-state index contributed by atoms with van der Waals surface area (Å²) in [6.45, 7) is 1.73. The van der Waals surface area contributed by atoms with E-state index >= 15 is 0 Å². The third-order valence-corrected chi connectivity index (χ3v) is 2.97. The van der Waals surface area contributed by atoms with Crippen LogP contribution in [0, 0.1) is 0 Å². The highest BCUT2D eigenvalue weighted by Gasteiger charge is 2.16. The fourth-order valence-electron chi connectivity index (χ4n) is 1.52. The molecule has 1 aromatic heterocycles. The minimum Gasteiger partial charge on any atom is -0.394 e. The van der Waals surface area contributed by atoms with Gasteiger partial charge in [0, 0.05) is 5.02 Å². The van der Waals surface area contributed by atoms with Gasteiger partial charge < -0.3 is 10.4 Å². The van der Waals surface area contributed by atoms with E-state index in [1.165, 1.54) is 4.80 Å². The van der Waals surface area contributed by atoms with Crippen molar-refractivity contribution in [3.8, 4) is 5.69 Å². The van der Waals surface area contributed by atoms with Crippen molar-refractivity contribution < 1.29 is 9.90 Å². The molecular weight excluding hydrogens is 282 g/mol. The molecule has 0 aliphatic rings. The zero-order chi connectivity index (χ0) is 14.5. The van der Waals surface area contributed by atoms with Crippen LogP contribution in [0.5, 0.6) is 0 Å². The summed E-state index contributed by atoms with van der Waals surface area (Å²) in [6.07, 6.45) is 0.619. The number of hydrogen-bond donors (Lipinski definition) is 2. The van der Waals surface area contributed by atoms with Gasteiger partial charge >= 0.3 is 0 Å². The molecule has 0 aliphatic heterocycles. The van der Waals surface area contributed by atoms with E-state index in [4.69, 9.17) is 16.7 Å². The second kappa shape index (κ2) is 6.44. The van der Waals surface area contributed by atoms with E-state index in [2.05, 4.69) is 20.7 Å². The van der Waals surface area contributed by atoms with E-state index < -0.39 is 5.91 Å². The number of aliphatic hydroxyl groups is 1. The second-order valence-electron chi connectivity index (χ2n) is 4.14. The van der Waals surface area contributed by atoms with Crippen molar-refractivity contribution in [2.75, 3.05) is 6.61 Å². The lowest BCUT2D eigenvalue weighted by molar-refractivity contribution is 0.0904. The van der Waals surface area contributed by atoms with Crippen molar-refractivity contribution in [3.63, 3.8) is 0 Å². The molecule has 1 amide bonds. The van der Waals surface area contributed by atoms with E-state index in [0.29, 0.717) is 17.1 Å². The summed E-state index contributed by atoms with van der Waals surface area (Å²) in [6, 6.07) is 6.50. The van der Waals surface area contributed by atoms with Gasteiger partial charge in [0.2, 0.25) is 0 Å². The molecular formula is C12H14ClN5O2. The largest absolute Gasteiger partial charge is 0.394 e. The van der Waals surface area contributed by atoms with Crippen LogP contribution in [0.4, 0.5) is 0 Å². The Morgan fingerprint density at radius 3 is 2.75 bits per heavy atom. The number of nitrogens with zero attached hydrogens (tertiary/aromatic N) is 4. The molecule has 0 radical (unpaired) electrons. The van der Waals surface area contributed by atoms with Gasteiger partial charge in [-0.15, -0.1) is 15.0 Å². The average molecular weight is 296 g/mol. The monoisotopic (exact) mass is 295 g/mol. The number of amides is 1. The van der Waals surface area contributed by atoms with Crippen LogP contribution in [0.1, 0.15) is 24.0 Å². The standard InChI is InChI=1S/C12H14ClN5O2/c1-2-9(7-19)14-12(20)11-15-17-18(16-11)10-5-3-8(13)4-6-10/h3-6,9,19H,2,7H2,1H3,(H,14,20)/t9-/m0/s1. The van der Waals surface area contributed by atoms with Crippen molar-refractivity contribution in [2.24, 2.45) is 0 Å². The van der Waals surface area contributed by atoms with Crippen molar-refractivity contribution >= 4 is 17.5 Å². The van der Waals surface area contributed by atoms with Gasteiger partial charge in [0.25, 0.3) is 11.7 Å². The van der Waals surface area contributed by atoms with Crippen molar-refractivity contribution in [1.29, 1.82) is 0 Å². The fraction of sp³-hybridized carbons (Fsp3) is 0.333. The first-order chi connectivity index (χ1) is 9.63. The second-order valence-corrected chi connectivity index (χ2v) is 4.58. The van der Waals surface area contributed by atoms with Gasteiger partial charge in [-0.2, -0.15) is 0 Å². The molecule has 1 atom stereocenters. The maximum atomic E-state index is 11.8. The van der Waals surface area contributed by atoms with E-state index in [9.17, 15) is 4.79 Å². The van der Waals surface area contributed by atoms with Gasteiger partial charge in [0.05, 0.1) is 18.3 Å². The molecule has 0 saturated heterocycles. The molecule has 0 saturated carbocycles. The molecule has 0 unspecified atom stereocenters. The molecule has 1 heterocycles. The lowest BCUT2D eigenvalue weighted by Crippen LogP contribution is -2.37. The maximum Gasteiger partial charge on any atom is 0.293 e.